The van der Waals surface area contributed by atoms with Crippen molar-refractivity contribution in [2.75, 3.05) is 7.11 Å². The molecule has 15 heavy (non-hydrogen) atoms. The summed E-state index contributed by atoms with van der Waals surface area (Å²) in [6, 6.07) is 1.15. The summed E-state index contributed by atoms with van der Waals surface area (Å²) in [6.45, 7) is -5.76. The van der Waals surface area contributed by atoms with E-state index >= 15 is 0 Å². The molecule has 3 nitrogen and oxygen atoms in total. The number of hydrogen-bond donors (Lipinski definition) is 0. The SMILES string of the molecule is [2H]C([2H])([2H])C([2H])([2H])n1ncc2c(F)cc(Br)c(OC)c21. The molecule has 0 aliphatic carbocycles. The van der Waals surface area contributed by atoms with E-state index in [1.165, 1.54) is 7.11 Å². The lowest BCUT2D eigenvalue weighted by molar-refractivity contribution is 0.413. The fourth-order valence-electron chi connectivity index (χ4n) is 1.39. The van der Waals surface area contributed by atoms with Gasteiger partial charge in [0.1, 0.15) is 11.3 Å². The molecule has 2 aromatic rings. The minimum Gasteiger partial charge on any atom is -0.493 e. The summed E-state index contributed by atoms with van der Waals surface area (Å²) in [4.78, 5) is 0. The molecule has 1 aromatic carbocycles. The summed E-state index contributed by atoms with van der Waals surface area (Å²) in [5, 5.41) is 3.67. The van der Waals surface area contributed by atoms with Gasteiger partial charge in [0.05, 0.1) is 25.9 Å². The first kappa shape index (κ1) is 5.84. The summed E-state index contributed by atoms with van der Waals surface area (Å²) < 4.78 is 57.1. The number of aromatic nitrogens is 2. The zero-order valence-corrected chi connectivity index (χ0v) is 9.30. The van der Waals surface area contributed by atoms with Crippen LogP contribution in [0.3, 0.4) is 0 Å². The molecule has 0 amide bonds. The molecule has 80 valence electrons. The van der Waals surface area contributed by atoms with Crippen LogP contribution in [0.25, 0.3) is 10.9 Å². The molecule has 1 aromatic heterocycles. The molecule has 0 saturated heterocycles. The number of methoxy groups -OCH3 is 1. The predicted octanol–water partition coefficient (Wildman–Crippen LogP) is 2.97. The number of halogens is 2. The Morgan fingerprint density at radius 1 is 1.80 bits per heavy atom. The number of rotatable bonds is 2. The Hall–Kier alpha value is -1.10. The van der Waals surface area contributed by atoms with Gasteiger partial charge in [-0.15, -0.1) is 0 Å². The Labute approximate surface area is 102 Å². The largest absolute Gasteiger partial charge is 0.493 e. The summed E-state index contributed by atoms with van der Waals surface area (Å²) in [7, 11) is 1.32. The van der Waals surface area contributed by atoms with Crippen molar-refractivity contribution in [1.29, 1.82) is 0 Å². The number of nitrogens with zero attached hydrogens (tertiary/aromatic N) is 2. The van der Waals surface area contributed by atoms with Crippen molar-refractivity contribution in [1.82, 2.24) is 9.78 Å². The smallest absolute Gasteiger partial charge is 0.159 e. The van der Waals surface area contributed by atoms with Crippen molar-refractivity contribution >= 4 is 26.8 Å². The van der Waals surface area contributed by atoms with E-state index in [0.29, 0.717) is 4.68 Å². The molecule has 5 heteroatoms. The summed E-state index contributed by atoms with van der Waals surface area (Å²) in [5.74, 6) is -0.535. The van der Waals surface area contributed by atoms with Crippen molar-refractivity contribution in [3.63, 3.8) is 0 Å². The van der Waals surface area contributed by atoms with E-state index < -0.39 is 19.2 Å². The van der Waals surface area contributed by atoms with E-state index in [1.807, 2.05) is 0 Å². The molecule has 0 bridgehead atoms. The predicted molar refractivity (Wildman–Crippen MR) is 59.6 cm³/mol. The molecule has 0 aliphatic heterocycles. The fourth-order valence-corrected chi connectivity index (χ4v) is 1.94. The maximum Gasteiger partial charge on any atom is 0.159 e. The van der Waals surface area contributed by atoms with Crippen molar-refractivity contribution in [2.45, 2.75) is 13.3 Å². The molecule has 0 saturated carbocycles. The van der Waals surface area contributed by atoms with Crippen molar-refractivity contribution in [3.8, 4) is 5.75 Å². The molecule has 0 fully saturated rings. The highest BCUT2D eigenvalue weighted by Gasteiger charge is 2.15. The third-order valence-corrected chi connectivity index (χ3v) is 2.61. The molecular formula is C10H10BrFN2O. The summed E-state index contributed by atoms with van der Waals surface area (Å²) in [5.41, 5.74) is -0.0551. The zero-order chi connectivity index (χ0) is 15.3. The molecule has 0 unspecified atom stereocenters. The molecule has 0 aliphatic rings. The number of ether oxygens (including phenoxy) is 1. The first-order valence-electron chi connectivity index (χ1n) is 6.51. The second-order valence-electron chi connectivity index (χ2n) is 2.80. The number of aryl methyl sites for hydroxylation is 1. The monoisotopic (exact) mass is 277 g/mol. The fraction of sp³-hybridized carbons (Fsp3) is 0.300. The molecule has 0 N–H and O–H groups in total. The summed E-state index contributed by atoms with van der Waals surface area (Å²) in [6.07, 6.45) is 1.07. The van der Waals surface area contributed by atoms with Crippen LogP contribution in [-0.4, -0.2) is 16.9 Å². The zero-order valence-electron chi connectivity index (χ0n) is 12.7. The van der Waals surface area contributed by atoms with E-state index in [0.717, 1.165) is 12.3 Å². The lowest BCUT2D eigenvalue weighted by Gasteiger charge is -2.07. The third kappa shape index (κ3) is 1.51. The number of hydrogen-bond acceptors (Lipinski definition) is 2. The van der Waals surface area contributed by atoms with Gasteiger partial charge in [-0.05, 0) is 28.8 Å². The minimum absolute atomic E-state index is 0.0156. The van der Waals surface area contributed by atoms with E-state index in [-0.39, 0.29) is 21.1 Å². The lowest BCUT2D eigenvalue weighted by atomic mass is 10.2. The van der Waals surface area contributed by atoms with Crippen molar-refractivity contribution in [3.05, 3.63) is 22.6 Å². The lowest BCUT2D eigenvalue weighted by Crippen LogP contribution is -1.98. The average Bonchev–Trinajstić information content (AvgIpc) is 2.73. The van der Waals surface area contributed by atoms with Gasteiger partial charge in [-0.1, -0.05) is 0 Å². The highest BCUT2D eigenvalue weighted by molar-refractivity contribution is 9.10. The van der Waals surface area contributed by atoms with Crippen molar-refractivity contribution < 1.29 is 16.0 Å². The van der Waals surface area contributed by atoms with Crippen LogP contribution in [0.15, 0.2) is 16.7 Å². The minimum atomic E-state index is -2.96. The molecule has 0 radical (unpaired) electrons. The van der Waals surface area contributed by atoms with Crippen LogP contribution >= 0.6 is 15.9 Å². The van der Waals surface area contributed by atoms with Crippen LogP contribution in [0.5, 0.6) is 5.75 Å². The second kappa shape index (κ2) is 3.81. The van der Waals surface area contributed by atoms with Crippen LogP contribution in [0.4, 0.5) is 4.39 Å². The van der Waals surface area contributed by atoms with Gasteiger partial charge >= 0.3 is 0 Å². The highest BCUT2D eigenvalue weighted by Crippen LogP contribution is 2.35. The normalized spacial score (nSPS) is 17.7. The third-order valence-electron chi connectivity index (χ3n) is 2.02. The second-order valence-corrected chi connectivity index (χ2v) is 3.66. The molecular weight excluding hydrogens is 263 g/mol. The standard InChI is InChI=1S/C10H10BrFN2O/c1-3-14-9-6(5-13-14)8(12)4-7(11)10(9)15-2/h4-5H,3H2,1-2H3/i1D3,3D2. The molecule has 2 rings (SSSR count). The van der Waals surface area contributed by atoms with Crippen LogP contribution in [0.2, 0.25) is 0 Å². The highest BCUT2D eigenvalue weighted by atomic mass is 79.9. The first-order chi connectivity index (χ1) is 9.11. The maximum absolute atomic E-state index is 13.9. The number of benzene rings is 1. The Morgan fingerprint density at radius 3 is 3.27 bits per heavy atom. The summed E-state index contributed by atoms with van der Waals surface area (Å²) >= 11 is 3.10. The van der Waals surface area contributed by atoms with Gasteiger partial charge in [-0.3, -0.25) is 4.68 Å². The van der Waals surface area contributed by atoms with Gasteiger partial charge in [0.2, 0.25) is 0 Å². The Bertz CT molecular complexity index is 670. The first-order valence-corrected chi connectivity index (χ1v) is 4.80. The van der Waals surface area contributed by atoms with Gasteiger partial charge in [-0.25, -0.2) is 4.39 Å². The van der Waals surface area contributed by atoms with E-state index in [4.69, 9.17) is 11.6 Å². The topological polar surface area (TPSA) is 27.1 Å². The Balaban J connectivity index is 2.87. The van der Waals surface area contributed by atoms with Gasteiger partial charge in [0.15, 0.2) is 5.75 Å². The van der Waals surface area contributed by atoms with Crippen LogP contribution in [0, 0.1) is 5.82 Å². The molecule has 0 spiro atoms. The quantitative estimate of drug-likeness (QED) is 0.844. The van der Waals surface area contributed by atoms with Gasteiger partial charge in [-0.2, -0.15) is 5.10 Å². The molecule has 0 atom stereocenters. The van der Waals surface area contributed by atoms with E-state index in [1.54, 1.807) is 0 Å². The average molecular weight is 278 g/mol. The van der Waals surface area contributed by atoms with Crippen LogP contribution in [-0.2, 0) is 6.50 Å². The maximum atomic E-state index is 13.9. The van der Waals surface area contributed by atoms with Gasteiger partial charge in [0, 0.05) is 10.6 Å². The van der Waals surface area contributed by atoms with Crippen LogP contribution in [0.1, 0.15) is 13.7 Å². The van der Waals surface area contributed by atoms with Crippen LogP contribution < -0.4 is 4.74 Å². The Kier molecular flexibility index (Phi) is 1.48. The van der Waals surface area contributed by atoms with E-state index in [2.05, 4.69) is 21.0 Å². The van der Waals surface area contributed by atoms with E-state index in [9.17, 15) is 4.39 Å². The van der Waals surface area contributed by atoms with Gasteiger partial charge < -0.3 is 4.74 Å². The number of fused-ring (bicyclic) bond motifs is 1. The van der Waals surface area contributed by atoms with Crippen molar-refractivity contribution in [2.24, 2.45) is 0 Å². The molecule has 1 heterocycles. The van der Waals surface area contributed by atoms with Gasteiger partial charge in [0.25, 0.3) is 0 Å². The Morgan fingerprint density at radius 2 is 2.60 bits per heavy atom.